The van der Waals surface area contributed by atoms with Crippen molar-refractivity contribution < 1.29 is 14.6 Å². The first-order chi connectivity index (χ1) is 8.11. The first-order valence-electron chi connectivity index (χ1n) is 5.69. The molecule has 0 saturated carbocycles. The number of methoxy groups -OCH3 is 1. The summed E-state index contributed by atoms with van der Waals surface area (Å²) < 4.78 is 5.11. The molecule has 1 aromatic carbocycles. The third kappa shape index (κ3) is 5.36. The normalized spacial score (nSPS) is 11.9. The fourth-order valence-corrected chi connectivity index (χ4v) is 1.44. The smallest absolute Gasteiger partial charge is 0.220 e. The average Bonchev–Trinajstić information content (AvgIpc) is 2.34. The fourth-order valence-electron chi connectivity index (χ4n) is 1.44. The lowest BCUT2D eigenvalue weighted by molar-refractivity contribution is -0.121. The highest BCUT2D eigenvalue weighted by atomic mass is 16.5. The van der Waals surface area contributed by atoms with Crippen molar-refractivity contribution in [3.05, 3.63) is 29.8 Å². The molecule has 4 nitrogen and oxygen atoms in total. The Morgan fingerprint density at radius 3 is 2.94 bits per heavy atom. The summed E-state index contributed by atoms with van der Waals surface area (Å²) in [5.41, 5.74) is 1.07. The highest BCUT2D eigenvalue weighted by molar-refractivity contribution is 5.76. The van der Waals surface area contributed by atoms with Crippen LogP contribution in [0.4, 0.5) is 0 Å². The van der Waals surface area contributed by atoms with E-state index >= 15 is 0 Å². The van der Waals surface area contributed by atoms with Gasteiger partial charge in [0.2, 0.25) is 5.91 Å². The van der Waals surface area contributed by atoms with Crippen LogP contribution in [0.2, 0.25) is 0 Å². The lowest BCUT2D eigenvalue weighted by atomic mass is 10.1. The van der Waals surface area contributed by atoms with Crippen LogP contribution in [0.15, 0.2) is 24.3 Å². The second-order valence-electron chi connectivity index (χ2n) is 4.00. The van der Waals surface area contributed by atoms with Gasteiger partial charge < -0.3 is 15.2 Å². The third-order valence-corrected chi connectivity index (χ3v) is 2.37. The van der Waals surface area contributed by atoms with E-state index in [1.807, 2.05) is 24.3 Å². The molecule has 2 N–H and O–H groups in total. The number of aliphatic hydroxyl groups excluding tert-OH is 1. The molecule has 0 spiro atoms. The molecular weight excluding hydrogens is 218 g/mol. The molecule has 0 bridgehead atoms. The van der Waals surface area contributed by atoms with E-state index in [-0.39, 0.29) is 5.91 Å². The van der Waals surface area contributed by atoms with Crippen molar-refractivity contribution in [3.8, 4) is 5.75 Å². The molecule has 0 aromatic heterocycles. The summed E-state index contributed by atoms with van der Waals surface area (Å²) in [6.07, 6.45) is 0.582. The van der Waals surface area contributed by atoms with Crippen molar-refractivity contribution in [2.45, 2.75) is 25.9 Å². The lowest BCUT2D eigenvalue weighted by Gasteiger charge is -2.07. The van der Waals surface area contributed by atoms with E-state index in [0.717, 1.165) is 11.3 Å². The zero-order valence-electron chi connectivity index (χ0n) is 10.3. The Morgan fingerprint density at radius 1 is 1.53 bits per heavy atom. The Morgan fingerprint density at radius 2 is 2.29 bits per heavy atom. The van der Waals surface area contributed by atoms with Crippen LogP contribution in [-0.2, 0) is 11.2 Å². The van der Waals surface area contributed by atoms with E-state index in [0.29, 0.717) is 19.4 Å². The average molecular weight is 237 g/mol. The minimum Gasteiger partial charge on any atom is -0.497 e. The molecule has 1 amide bonds. The van der Waals surface area contributed by atoms with Gasteiger partial charge in [0.15, 0.2) is 0 Å². The van der Waals surface area contributed by atoms with Gasteiger partial charge in [-0.1, -0.05) is 12.1 Å². The molecule has 1 aromatic rings. The van der Waals surface area contributed by atoms with Crippen LogP contribution in [0.3, 0.4) is 0 Å². The molecule has 0 aliphatic rings. The number of carbonyl (C=O) groups is 1. The van der Waals surface area contributed by atoms with Crippen molar-refractivity contribution in [1.82, 2.24) is 5.32 Å². The molecular formula is C13H19NO3. The van der Waals surface area contributed by atoms with Crippen molar-refractivity contribution in [3.63, 3.8) is 0 Å². The van der Waals surface area contributed by atoms with Crippen molar-refractivity contribution in [2.24, 2.45) is 0 Å². The van der Waals surface area contributed by atoms with Gasteiger partial charge in [0.25, 0.3) is 0 Å². The summed E-state index contributed by atoms with van der Waals surface area (Å²) in [6.45, 7) is 1.94. The van der Waals surface area contributed by atoms with Crippen LogP contribution in [0.25, 0.3) is 0 Å². The zero-order chi connectivity index (χ0) is 12.7. The Hall–Kier alpha value is -1.55. The maximum atomic E-state index is 11.4. The minimum absolute atomic E-state index is 0.0475. The monoisotopic (exact) mass is 237 g/mol. The molecule has 1 rings (SSSR count). The van der Waals surface area contributed by atoms with Crippen LogP contribution in [0.1, 0.15) is 18.9 Å². The van der Waals surface area contributed by atoms with E-state index in [9.17, 15) is 4.79 Å². The number of benzene rings is 1. The number of amides is 1. The van der Waals surface area contributed by atoms with Crippen molar-refractivity contribution in [2.75, 3.05) is 13.7 Å². The summed E-state index contributed by atoms with van der Waals surface area (Å²) in [6, 6.07) is 7.66. The third-order valence-electron chi connectivity index (χ3n) is 2.37. The van der Waals surface area contributed by atoms with Gasteiger partial charge in [-0.3, -0.25) is 4.79 Å². The summed E-state index contributed by atoms with van der Waals surface area (Å²) in [5.74, 6) is 0.751. The predicted octanol–water partition coefficient (Wildman–Crippen LogP) is 1.12. The maximum absolute atomic E-state index is 11.4. The molecule has 0 heterocycles. The number of rotatable bonds is 6. The molecule has 0 radical (unpaired) electrons. The van der Waals surface area contributed by atoms with Gasteiger partial charge in [0.05, 0.1) is 13.2 Å². The van der Waals surface area contributed by atoms with Gasteiger partial charge >= 0.3 is 0 Å². The van der Waals surface area contributed by atoms with E-state index in [1.54, 1.807) is 14.0 Å². The Balaban J connectivity index is 2.36. The first-order valence-corrected chi connectivity index (χ1v) is 5.69. The van der Waals surface area contributed by atoms with E-state index in [4.69, 9.17) is 9.84 Å². The second-order valence-corrected chi connectivity index (χ2v) is 4.00. The summed E-state index contributed by atoms with van der Waals surface area (Å²) in [7, 11) is 1.62. The predicted molar refractivity (Wildman–Crippen MR) is 66.0 cm³/mol. The molecule has 0 aliphatic heterocycles. The molecule has 4 heteroatoms. The largest absolute Gasteiger partial charge is 0.497 e. The Labute approximate surface area is 102 Å². The van der Waals surface area contributed by atoms with Crippen LogP contribution in [0, 0.1) is 0 Å². The van der Waals surface area contributed by atoms with Crippen LogP contribution in [-0.4, -0.2) is 30.8 Å². The van der Waals surface area contributed by atoms with Gasteiger partial charge in [-0.2, -0.15) is 0 Å². The number of carbonyl (C=O) groups excluding carboxylic acids is 1. The van der Waals surface area contributed by atoms with Crippen LogP contribution < -0.4 is 10.1 Å². The van der Waals surface area contributed by atoms with Gasteiger partial charge in [-0.25, -0.2) is 0 Å². The molecule has 1 unspecified atom stereocenters. The number of aryl methyl sites for hydroxylation is 1. The lowest BCUT2D eigenvalue weighted by Crippen LogP contribution is -2.30. The van der Waals surface area contributed by atoms with E-state index in [2.05, 4.69) is 5.32 Å². The first kappa shape index (κ1) is 13.5. The maximum Gasteiger partial charge on any atom is 0.220 e. The van der Waals surface area contributed by atoms with Gasteiger partial charge in [-0.05, 0) is 31.0 Å². The Kier molecular flexibility index (Phi) is 5.49. The SMILES string of the molecule is COc1cccc(CCC(=O)NCC(C)O)c1. The number of ether oxygens (including phenoxy) is 1. The number of aliphatic hydroxyl groups is 1. The standard InChI is InChI=1S/C13H19NO3/c1-10(15)9-14-13(16)7-6-11-4-3-5-12(8-11)17-2/h3-5,8,10,15H,6-7,9H2,1-2H3,(H,14,16). The van der Waals surface area contributed by atoms with E-state index in [1.165, 1.54) is 0 Å². The number of hydrogen-bond acceptors (Lipinski definition) is 3. The molecule has 0 saturated heterocycles. The fraction of sp³-hybridized carbons (Fsp3) is 0.462. The molecule has 94 valence electrons. The highest BCUT2D eigenvalue weighted by Gasteiger charge is 2.04. The van der Waals surface area contributed by atoms with Gasteiger partial charge in [-0.15, -0.1) is 0 Å². The number of hydrogen-bond donors (Lipinski definition) is 2. The van der Waals surface area contributed by atoms with Crippen molar-refractivity contribution in [1.29, 1.82) is 0 Å². The molecule has 1 atom stereocenters. The topological polar surface area (TPSA) is 58.6 Å². The van der Waals surface area contributed by atoms with Gasteiger partial charge in [0.1, 0.15) is 5.75 Å². The van der Waals surface area contributed by atoms with E-state index < -0.39 is 6.10 Å². The molecule has 0 aliphatic carbocycles. The molecule has 17 heavy (non-hydrogen) atoms. The van der Waals surface area contributed by atoms with Crippen LogP contribution in [0.5, 0.6) is 5.75 Å². The minimum atomic E-state index is -0.504. The van der Waals surface area contributed by atoms with Crippen LogP contribution >= 0.6 is 0 Å². The number of nitrogens with one attached hydrogen (secondary N) is 1. The molecule has 0 fully saturated rings. The highest BCUT2D eigenvalue weighted by Crippen LogP contribution is 2.13. The zero-order valence-corrected chi connectivity index (χ0v) is 10.3. The van der Waals surface area contributed by atoms with Gasteiger partial charge in [0, 0.05) is 13.0 Å². The van der Waals surface area contributed by atoms with Crippen molar-refractivity contribution >= 4 is 5.91 Å². The quantitative estimate of drug-likeness (QED) is 0.779. The summed E-state index contributed by atoms with van der Waals surface area (Å²) >= 11 is 0. The summed E-state index contributed by atoms with van der Waals surface area (Å²) in [5, 5.41) is 11.7. The summed E-state index contributed by atoms with van der Waals surface area (Å²) in [4.78, 5) is 11.4. The second kappa shape index (κ2) is 6.91. The Bertz CT molecular complexity index is 363.